The second-order valence-electron chi connectivity index (χ2n) is 3.68. The van der Waals surface area contributed by atoms with Crippen LogP contribution in [0.2, 0.25) is 0 Å². The quantitative estimate of drug-likeness (QED) is 0.775. The summed E-state index contributed by atoms with van der Waals surface area (Å²) in [5, 5.41) is 10.6. The van der Waals surface area contributed by atoms with Crippen molar-refractivity contribution in [3.63, 3.8) is 0 Å². The van der Waals surface area contributed by atoms with Crippen molar-refractivity contribution in [2.24, 2.45) is 0 Å². The molecule has 2 N–H and O–H groups in total. The first kappa shape index (κ1) is 10.4. The Hall–Kier alpha value is -1.10. The Balaban J connectivity index is 2.48. The number of H-pyrrole nitrogens is 1. The summed E-state index contributed by atoms with van der Waals surface area (Å²) in [6.07, 6.45) is 3.22. The molecule has 0 radical (unpaired) electrons. The minimum absolute atomic E-state index is 0.694. The molecular weight excluding hydrogens is 208 g/mol. The van der Waals surface area contributed by atoms with Gasteiger partial charge in [-0.1, -0.05) is 20.3 Å². The van der Waals surface area contributed by atoms with Crippen LogP contribution >= 0.6 is 12.2 Å². The van der Waals surface area contributed by atoms with Gasteiger partial charge in [0, 0.05) is 11.3 Å². The second kappa shape index (κ2) is 4.18. The minimum Gasteiger partial charge on any atom is -0.370 e. The van der Waals surface area contributed by atoms with Gasteiger partial charge in [0.2, 0.25) is 0 Å². The number of fused-ring (bicyclic) bond motifs is 1. The van der Waals surface area contributed by atoms with Crippen LogP contribution in [0.5, 0.6) is 0 Å². The number of aromatic nitrogens is 3. The van der Waals surface area contributed by atoms with Crippen molar-refractivity contribution in [2.45, 2.75) is 39.8 Å². The van der Waals surface area contributed by atoms with E-state index >= 15 is 0 Å². The summed E-state index contributed by atoms with van der Waals surface area (Å²) in [6.45, 7) is 5.08. The molecule has 1 aliphatic rings. The fourth-order valence-electron chi connectivity index (χ4n) is 1.97. The summed E-state index contributed by atoms with van der Waals surface area (Å²) in [7, 11) is 0. The maximum atomic E-state index is 5.16. The maximum Gasteiger partial charge on any atom is 0.196 e. The van der Waals surface area contributed by atoms with E-state index in [0.717, 1.165) is 31.8 Å². The molecule has 1 aromatic heterocycles. The van der Waals surface area contributed by atoms with E-state index < -0.39 is 0 Å². The van der Waals surface area contributed by atoms with Gasteiger partial charge in [0.05, 0.1) is 6.67 Å². The number of hydrogen-bond donors (Lipinski definition) is 2. The van der Waals surface area contributed by atoms with E-state index in [4.69, 9.17) is 12.2 Å². The second-order valence-corrected chi connectivity index (χ2v) is 4.06. The smallest absolute Gasteiger partial charge is 0.196 e. The molecule has 2 rings (SSSR count). The van der Waals surface area contributed by atoms with Crippen LogP contribution in [0.25, 0.3) is 5.57 Å². The SMILES string of the molecule is CCCC1=C(CC)c2n[nH]c(=S)n2CN1. The molecular formula is C10H16N4S. The fraction of sp³-hybridized carbons (Fsp3) is 0.600. The van der Waals surface area contributed by atoms with Crippen molar-refractivity contribution >= 4 is 17.8 Å². The summed E-state index contributed by atoms with van der Waals surface area (Å²) in [4.78, 5) is 0. The molecule has 5 heteroatoms. The summed E-state index contributed by atoms with van der Waals surface area (Å²) >= 11 is 5.16. The molecule has 0 atom stereocenters. The predicted octanol–water partition coefficient (Wildman–Crippen LogP) is 2.42. The van der Waals surface area contributed by atoms with Crippen molar-refractivity contribution in [1.29, 1.82) is 0 Å². The van der Waals surface area contributed by atoms with E-state index in [-0.39, 0.29) is 0 Å². The average Bonchev–Trinajstić information content (AvgIpc) is 2.61. The lowest BCUT2D eigenvalue weighted by atomic mass is 10.1. The van der Waals surface area contributed by atoms with Gasteiger partial charge in [0.1, 0.15) is 0 Å². The van der Waals surface area contributed by atoms with Gasteiger partial charge < -0.3 is 5.32 Å². The molecule has 0 saturated carbocycles. The molecule has 0 fully saturated rings. The molecule has 1 aromatic rings. The van der Waals surface area contributed by atoms with E-state index in [0.29, 0.717) is 4.77 Å². The van der Waals surface area contributed by atoms with Gasteiger partial charge in [-0.2, -0.15) is 5.10 Å². The molecule has 0 spiro atoms. The number of nitrogens with zero attached hydrogens (tertiary/aromatic N) is 2. The molecule has 0 unspecified atom stereocenters. The van der Waals surface area contributed by atoms with Crippen molar-refractivity contribution in [2.75, 3.05) is 0 Å². The van der Waals surface area contributed by atoms with Crippen LogP contribution in [-0.2, 0) is 6.67 Å². The summed E-state index contributed by atoms with van der Waals surface area (Å²) in [6, 6.07) is 0. The van der Waals surface area contributed by atoms with E-state index in [1.165, 1.54) is 11.3 Å². The van der Waals surface area contributed by atoms with Crippen LogP contribution in [-0.4, -0.2) is 14.8 Å². The van der Waals surface area contributed by atoms with Crippen LogP contribution in [0.4, 0.5) is 0 Å². The molecule has 4 nitrogen and oxygen atoms in total. The number of aromatic amines is 1. The van der Waals surface area contributed by atoms with Gasteiger partial charge in [-0.05, 0) is 25.1 Å². The molecule has 1 aliphatic heterocycles. The zero-order chi connectivity index (χ0) is 10.8. The van der Waals surface area contributed by atoms with Crippen LogP contribution in [0, 0.1) is 4.77 Å². The van der Waals surface area contributed by atoms with E-state index in [1.54, 1.807) is 0 Å². The van der Waals surface area contributed by atoms with E-state index in [9.17, 15) is 0 Å². The highest BCUT2D eigenvalue weighted by molar-refractivity contribution is 7.71. The van der Waals surface area contributed by atoms with Crippen LogP contribution in [0.1, 0.15) is 38.9 Å². The Morgan fingerprint density at radius 2 is 2.27 bits per heavy atom. The number of nitrogens with one attached hydrogen (secondary N) is 2. The van der Waals surface area contributed by atoms with Crippen molar-refractivity contribution in [3.05, 3.63) is 16.3 Å². The molecule has 0 aromatic carbocycles. The Kier molecular flexibility index (Phi) is 2.90. The normalized spacial score (nSPS) is 15.1. The highest BCUT2D eigenvalue weighted by atomic mass is 32.1. The third-order valence-electron chi connectivity index (χ3n) is 2.70. The van der Waals surface area contributed by atoms with Gasteiger partial charge in [0.15, 0.2) is 10.6 Å². The van der Waals surface area contributed by atoms with Gasteiger partial charge in [-0.25, -0.2) is 0 Å². The van der Waals surface area contributed by atoms with E-state index in [2.05, 4.69) is 29.4 Å². The van der Waals surface area contributed by atoms with Crippen molar-refractivity contribution < 1.29 is 0 Å². The molecule has 15 heavy (non-hydrogen) atoms. The van der Waals surface area contributed by atoms with Crippen molar-refractivity contribution in [1.82, 2.24) is 20.1 Å². The monoisotopic (exact) mass is 224 g/mol. The van der Waals surface area contributed by atoms with Crippen molar-refractivity contribution in [3.8, 4) is 0 Å². The van der Waals surface area contributed by atoms with E-state index in [1.807, 2.05) is 4.57 Å². The lowest BCUT2D eigenvalue weighted by Crippen LogP contribution is -2.26. The summed E-state index contributed by atoms with van der Waals surface area (Å²) < 4.78 is 2.70. The lowest BCUT2D eigenvalue weighted by molar-refractivity contribution is 0.565. The number of hydrogen-bond acceptors (Lipinski definition) is 3. The average molecular weight is 224 g/mol. The maximum absolute atomic E-state index is 5.16. The molecule has 0 amide bonds. The topological polar surface area (TPSA) is 45.6 Å². The van der Waals surface area contributed by atoms with Gasteiger partial charge in [0.25, 0.3) is 0 Å². The third-order valence-corrected chi connectivity index (χ3v) is 3.01. The Morgan fingerprint density at radius 3 is 2.93 bits per heavy atom. The predicted molar refractivity (Wildman–Crippen MR) is 62.7 cm³/mol. The van der Waals surface area contributed by atoms with Crippen LogP contribution in [0.15, 0.2) is 5.70 Å². The standard InChI is InChI=1S/C10H16N4S/c1-3-5-8-7(4-2)9-12-13-10(15)14(9)6-11-8/h11H,3-6H2,1-2H3,(H,13,15). The zero-order valence-corrected chi connectivity index (χ0v) is 9.95. The molecule has 2 heterocycles. The Bertz CT molecular complexity index is 441. The first-order valence-corrected chi connectivity index (χ1v) is 5.80. The fourth-order valence-corrected chi connectivity index (χ4v) is 2.17. The van der Waals surface area contributed by atoms with Gasteiger partial charge in [-0.3, -0.25) is 9.67 Å². The van der Waals surface area contributed by atoms with Gasteiger partial charge in [-0.15, -0.1) is 0 Å². The first-order valence-electron chi connectivity index (χ1n) is 5.39. The molecule has 82 valence electrons. The largest absolute Gasteiger partial charge is 0.370 e. The zero-order valence-electron chi connectivity index (χ0n) is 9.13. The minimum atomic E-state index is 0.694. The van der Waals surface area contributed by atoms with Crippen LogP contribution in [0.3, 0.4) is 0 Å². The number of rotatable bonds is 3. The highest BCUT2D eigenvalue weighted by Gasteiger charge is 2.18. The molecule has 0 bridgehead atoms. The summed E-state index contributed by atoms with van der Waals surface area (Å²) in [5.41, 5.74) is 2.61. The molecule has 0 saturated heterocycles. The highest BCUT2D eigenvalue weighted by Crippen LogP contribution is 2.25. The van der Waals surface area contributed by atoms with Crippen LogP contribution < -0.4 is 5.32 Å². The Labute approximate surface area is 94.4 Å². The summed E-state index contributed by atoms with van der Waals surface area (Å²) in [5.74, 6) is 1.00. The van der Waals surface area contributed by atoms with Gasteiger partial charge >= 0.3 is 0 Å². The first-order chi connectivity index (χ1) is 7.27. The number of allylic oxidation sites excluding steroid dienone is 2. The molecule has 0 aliphatic carbocycles. The Morgan fingerprint density at radius 1 is 1.47 bits per heavy atom. The third kappa shape index (κ3) is 1.71. The lowest BCUT2D eigenvalue weighted by Gasteiger charge is -2.22.